The number of piperidine rings is 1. The minimum absolute atomic E-state index is 0.0924. The van der Waals surface area contributed by atoms with Crippen LogP contribution in [0.25, 0.3) is 0 Å². The zero-order valence-electron chi connectivity index (χ0n) is 15.1. The summed E-state index contributed by atoms with van der Waals surface area (Å²) in [5.74, 6) is 1.83. The first-order chi connectivity index (χ1) is 11.3. The maximum atomic E-state index is 13.1. The van der Waals surface area contributed by atoms with Gasteiger partial charge in [0.15, 0.2) is 9.84 Å². The molecule has 3 unspecified atom stereocenters. The van der Waals surface area contributed by atoms with E-state index in [1.54, 1.807) is 0 Å². The molecule has 3 rings (SSSR count). The van der Waals surface area contributed by atoms with Crippen molar-refractivity contribution in [3.8, 4) is 0 Å². The van der Waals surface area contributed by atoms with E-state index >= 15 is 0 Å². The van der Waals surface area contributed by atoms with Crippen molar-refractivity contribution in [1.82, 2.24) is 9.80 Å². The molecule has 6 heteroatoms. The number of nitrogens with zero attached hydrogens (tertiary/aromatic N) is 2. The van der Waals surface area contributed by atoms with Gasteiger partial charge in [-0.15, -0.1) is 0 Å². The Labute approximate surface area is 146 Å². The molecular weight excluding hydrogens is 324 g/mol. The van der Waals surface area contributed by atoms with Crippen molar-refractivity contribution in [3.63, 3.8) is 0 Å². The molecule has 0 spiro atoms. The zero-order valence-corrected chi connectivity index (χ0v) is 15.9. The fourth-order valence-electron chi connectivity index (χ4n) is 5.08. The highest BCUT2D eigenvalue weighted by Crippen LogP contribution is 2.30. The first-order valence-corrected chi connectivity index (χ1v) is 11.4. The fourth-order valence-corrected chi connectivity index (χ4v) is 6.79. The van der Waals surface area contributed by atoms with Gasteiger partial charge in [0, 0.05) is 25.2 Å². The number of hydrogen-bond donors (Lipinski definition) is 0. The summed E-state index contributed by atoms with van der Waals surface area (Å²) in [6, 6.07) is 0.167. The molecule has 3 aliphatic rings. The highest BCUT2D eigenvalue weighted by atomic mass is 32.2. The zero-order chi connectivity index (χ0) is 17.3. The van der Waals surface area contributed by atoms with Crippen molar-refractivity contribution < 1.29 is 13.2 Å². The van der Waals surface area contributed by atoms with Gasteiger partial charge in [0.25, 0.3) is 0 Å². The normalized spacial score (nSPS) is 34.5. The van der Waals surface area contributed by atoms with E-state index in [0.29, 0.717) is 24.8 Å². The van der Waals surface area contributed by atoms with Gasteiger partial charge in [0.1, 0.15) is 0 Å². The molecule has 0 bridgehead atoms. The second-order valence-electron chi connectivity index (χ2n) is 8.44. The lowest BCUT2D eigenvalue weighted by molar-refractivity contribution is -0.137. The second-order valence-corrected chi connectivity index (χ2v) is 10.7. The third-order valence-corrected chi connectivity index (χ3v) is 7.66. The van der Waals surface area contributed by atoms with E-state index in [1.165, 1.54) is 6.42 Å². The molecule has 24 heavy (non-hydrogen) atoms. The smallest absolute Gasteiger partial charge is 0.237 e. The van der Waals surface area contributed by atoms with Crippen molar-refractivity contribution >= 4 is 15.7 Å². The molecule has 1 amide bonds. The Hall–Kier alpha value is -0.620. The molecule has 2 aliphatic heterocycles. The summed E-state index contributed by atoms with van der Waals surface area (Å²) in [4.78, 5) is 17.4. The summed E-state index contributed by atoms with van der Waals surface area (Å²) in [6.45, 7) is 6.94. The van der Waals surface area contributed by atoms with Crippen molar-refractivity contribution in [3.05, 3.63) is 0 Å². The summed E-state index contributed by atoms with van der Waals surface area (Å²) >= 11 is 0. The highest BCUT2D eigenvalue weighted by Gasteiger charge is 2.39. The van der Waals surface area contributed by atoms with E-state index in [0.717, 1.165) is 38.8 Å². The van der Waals surface area contributed by atoms with Crippen LogP contribution in [0.1, 0.15) is 52.4 Å². The van der Waals surface area contributed by atoms with Crippen LogP contribution in [0, 0.1) is 11.8 Å². The van der Waals surface area contributed by atoms with Gasteiger partial charge in [-0.25, -0.2) is 8.42 Å². The summed E-state index contributed by atoms with van der Waals surface area (Å²) in [5, 5.41) is 0. The SMILES string of the molecule is CC1CC(C)CN(CC(=O)N(C2CCCC2)C2CCS(=O)(=O)C2)C1. The molecule has 0 radical (unpaired) electrons. The standard InChI is InChI=1S/C18H32N2O3S/c1-14-9-15(2)11-19(10-14)12-18(21)20(16-5-3-4-6-16)17-7-8-24(22,23)13-17/h14-17H,3-13H2,1-2H3. The van der Waals surface area contributed by atoms with Crippen molar-refractivity contribution in [2.45, 2.75) is 64.5 Å². The molecule has 1 aliphatic carbocycles. The van der Waals surface area contributed by atoms with Crippen molar-refractivity contribution in [1.29, 1.82) is 0 Å². The number of sulfone groups is 1. The van der Waals surface area contributed by atoms with Gasteiger partial charge in [-0.05, 0) is 37.5 Å². The number of carbonyl (C=O) groups excluding carboxylic acids is 1. The first-order valence-electron chi connectivity index (χ1n) is 9.58. The maximum Gasteiger partial charge on any atom is 0.237 e. The maximum absolute atomic E-state index is 13.1. The van der Waals surface area contributed by atoms with Crippen LogP contribution < -0.4 is 0 Å². The first kappa shape index (κ1) is 18.2. The molecule has 138 valence electrons. The van der Waals surface area contributed by atoms with E-state index in [-0.39, 0.29) is 29.5 Å². The van der Waals surface area contributed by atoms with Crippen molar-refractivity contribution in [2.75, 3.05) is 31.1 Å². The Kier molecular flexibility index (Phi) is 5.55. The Balaban J connectivity index is 1.69. The third kappa shape index (κ3) is 4.31. The van der Waals surface area contributed by atoms with Gasteiger partial charge in [-0.2, -0.15) is 0 Å². The summed E-state index contributed by atoms with van der Waals surface area (Å²) < 4.78 is 23.8. The highest BCUT2D eigenvalue weighted by molar-refractivity contribution is 7.91. The third-order valence-electron chi connectivity index (χ3n) is 5.91. The Morgan fingerprint density at radius 2 is 1.67 bits per heavy atom. The molecule has 5 nitrogen and oxygen atoms in total. The van der Waals surface area contributed by atoms with Gasteiger partial charge >= 0.3 is 0 Å². The molecule has 0 aromatic heterocycles. The Morgan fingerprint density at radius 1 is 1.04 bits per heavy atom. The number of amides is 1. The number of likely N-dealkylation sites (tertiary alicyclic amines) is 1. The van der Waals surface area contributed by atoms with Gasteiger partial charge in [0.05, 0.1) is 18.1 Å². The predicted octanol–water partition coefficient (Wildman–Crippen LogP) is 1.92. The summed E-state index contributed by atoms with van der Waals surface area (Å²) in [6.07, 6.45) is 6.25. The number of carbonyl (C=O) groups is 1. The minimum Gasteiger partial charge on any atom is -0.335 e. The van der Waals surface area contributed by atoms with Crippen LogP contribution >= 0.6 is 0 Å². The largest absolute Gasteiger partial charge is 0.335 e. The molecule has 2 saturated heterocycles. The van der Waals surface area contributed by atoms with Crippen LogP contribution in [0.15, 0.2) is 0 Å². The Morgan fingerprint density at radius 3 is 2.21 bits per heavy atom. The number of rotatable bonds is 4. The summed E-state index contributed by atoms with van der Waals surface area (Å²) in [5.41, 5.74) is 0. The molecule has 0 N–H and O–H groups in total. The summed E-state index contributed by atoms with van der Waals surface area (Å²) in [7, 11) is -2.96. The van der Waals surface area contributed by atoms with Crippen LogP contribution in [0.4, 0.5) is 0 Å². The molecule has 3 fully saturated rings. The minimum atomic E-state index is -2.96. The molecule has 1 saturated carbocycles. The lowest BCUT2D eigenvalue weighted by Gasteiger charge is -2.39. The lowest BCUT2D eigenvalue weighted by atomic mass is 9.92. The molecule has 2 heterocycles. The molecule has 3 atom stereocenters. The lowest BCUT2D eigenvalue weighted by Crippen LogP contribution is -2.52. The molecule has 0 aromatic rings. The Bertz CT molecular complexity index is 547. The van der Waals surface area contributed by atoms with Crippen LogP contribution in [-0.4, -0.2) is 67.3 Å². The van der Waals surface area contributed by atoms with Crippen LogP contribution in [0.3, 0.4) is 0 Å². The van der Waals surface area contributed by atoms with E-state index in [2.05, 4.69) is 18.7 Å². The van der Waals surface area contributed by atoms with E-state index in [4.69, 9.17) is 0 Å². The van der Waals surface area contributed by atoms with Crippen LogP contribution in [0.5, 0.6) is 0 Å². The number of hydrogen-bond acceptors (Lipinski definition) is 4. The van der Waals surface area contributed by atoms with E-state index in [9.17, 15) is 13.2 Å². The molecular formula is C18H32N2O3S. The topological polar surface area (TPSA) is 57.7 Å². The van der Waals surface area contributed by atoms with E-state index in [1.807, 2.05) is 4.90 Å². The van der Waals surface area contributed by atoms with Gasteiger partial charge < -0.3 is 4.90 Å². The predicted molar refractivity (Wildman–Crippen MR) is 95.5 cm³/mol. The van der Waals surface area contributed by atoms with Crippen LogP contribution in [-0.2, 0) is 14.6 Å². The van der Waals surface area contributed by atoms with E-state index < -0.39 is 9.84 Å². The van der Waals surface area contributed by atoms with Crippen molar-refractivity contribution in [2.24, 2.45) is 11.8 Å². The fraction of sp³-hybridized carbons (Fsp3) is 0.944. The van der Waals surface area contributed by atoms with Gasteiger partial charge in [0.2, 0.25) is 5.91 Å². The van der Waals surface area contributed by atoms with Crippen LogP contribution in [0.2, 0.25) is 0 Å². The average Bonchev–Trinajstić information content (AvgIpc) is 3.08. The molecule has 0 aromatic carbocycles. The quantitative estimate of drug-likeness (QED) is 0.772. The van der Waals surface area contributed by atoms with Gasteiger partial charge in [-0.1, -0.05) is 26.7 Å². The average molecular weight is 357 g/mol. The second kappa shape index (κ2) is 7.32. The van der Waals surface area contributed by atoms with Gasteiger partial charge in [-0.3, -0.25) is 9.69 Å². The monoisotopic (exact) mass is 356 g/mol.